The third kappa shape index (κ3) is 5.02. The van der Waals surface area contributed by atoms with Crippen molar-refractivity contribution in [2.24, 2.45) is 0 Å². The number of ether oxygens (including phenoxy) is 1. The molecule has 2 aliphatic rings. The average molecular weight is 529 g/mol. The first kappa shape index (κ1) is 25.5. The van der Waals surface area contributed by atoms with Gasteiger partial charge in [-0.15, -0.1) is 0 Å². The standard InChI is InChI=1S/C29H36N8O2/c1-3-24-29(34-19-5-6-21(38)13-19)36-26-23(15-32-28(30)27(26)35-24)17-4-7-22(25(12-17)39-2)18-14-33-37(16-18)20-8-10-31-11-9-20/h4,7,12,14-16,19-21,31,38H,3,5-6,8-11,13H2,1-2H3,(H2,30,32)(H,34,36)/t19-,21+/m1/s1. The van der Waals surface area contributed by atoms with E-state index < -0.39 is 0 Å². The van der Waals surface area contributed by atoms with Crippen molar-refractivity contribution >= 4 is 22.7 Å². The van der Waals surface area contributed by atoms with Crippen LogP contribution in [0.1, 0.15) is 50.8 Å². The molecule has 2 fully saturated rings. The molecule has 10 heteroatoms. The summed E-state index contributed by atoms with van der Waals surface area (Å²) in [6.07, 6.45) is 10.8. The van der Waals surface area contributed by atoms with E-state index in [0.717, 1.165) is 78.3 Å². The molecule has 0 spiro atoms. The van der Waals surface area contributed by atoms with E-state index in [4.69, 9.17) is 20.4 Å². The summed E-state index contributed by atoms with van der Waals surface area (Å²) < 4.78 is 7.93. The Balaban J connectivity index is 1.38. The van der Waals surface area contributed by atoms with Crippen LogP contribution in [0.25, 0.3) is 33.3 Å². The van der Waals surface area contributed by atoms with Crippen molar-refractivity contribution in [3.63, 3.8) is 0 Å². The van der Waals surface area contributed by atoms with Gasteiger partial charge in [-0.1, -0.05) is 13.0 Å². The van der Waals surface area contributed by atoms with E-state index in [2.05, 4.69) is 50.7 Å². The van der Waals surface area contributed by atoms with Crippen LogP contribution in [0.5, 0.6) is 5.75 Å². The number of nitrogens with one attached hydrogen (secondary N) is 2. The van der Waals surface area contributed by atoms with Crippen molar-refractivity contribution in [1.29, 1.82) is 0 Å². The number of nitrogens with two attached hydrogens (primary N) is 1. The zero-order chi connectivity index (χ0) is 26.9. The molecular formula is C29H36N8O2. The van der Waals surface area contributed by atoms with E-state index in [0.29, 0.717) is 35.7 Å². The Morgan fingerprint density at radius 2 is 1.92 bits per heavy atom. The van der Waals surface area contributed by atoms with E-state index in [1.807, 2.05) is 12.3 Å². The largest absolute Gasteiger partial charge is 0.496 e. The fourth-order valence-electron chi connectivity index (χ4n) is 5.79. The van der Waals surface area contributed by atoms with Gasteiger partial charge in [-0.2, -0.15) is 5.10 Å². The molecule has 1 aromatic carbocycles. The quantitative estimate of drug-likeness (QED) is 0.281. The monoisotopic (exact) mass is 528 g/mol. The van der Waals surface area contributed by atoms with Gasteiger partial charge < -0.3 is 26.2 Å². The number of piperidine rings is 1. The number of aliphatic hydroxyl groups is 1. The normalized spacial score (nSPS) is 20.0. The maximum Gasteiger partial charge on any atom is 0.151 e. The molecule has 0 amide bonds. The van der Waals surface area contributed by atoms with E-state index in [9.17, 15) is 5.11 Å². The Morgan fingerprint density at radius 1 is 1.08 bits per heavy atom. The fraction of sp³-hybridized carbons (Fsp3) is 0.448. The maximum atomic E-state index is 10.0. The number of hydrogen-bond donors (Lipinski definition) is 4. The Hall–Kier alpha value is -3.76. The van der Waals surface area contributed by atoms with Crippen LogP contribution in [-0.2, 0) is 6.42 Å². The molecule has 0 unspecified atom stereocenters. The molecule has 3 aromatic heterocycles. The number of benzene rings is 1. The lowest BCUT2D eigenvalue weighted by Crippen LogP contribution is -2.29. The molecule has 1 aliphatic heterocycles. The Morgan fingerprint density at radius 3 is 2.67 bits per heavy atom. The minimum Gasteiger partial charge on any atom is -0.496 e. The van der Waals surface area contributed by atoms with Gasteiger partial charge in [-0.05, 0) is 69.3 Å². The summed E-state index contributed by atoms with van der Waals surface area (Å²) in [6.45, 7) is 4.09. The van der Waals surface area contributed by atoms with Crippen molar-refractivity contribution in [2.75, 3.05) is 31.2 Å². The highest BCUT2D eigenvalue weighted by Gasteiger charge is 2.25. The lowest BCUT2D eigenvalue weighted by molar-refractivity contribution is 0.182. The maximum absolute atomic E-state index is 10.0. The second kappa shape index (κ2) is 10.8. The minimum absolute atomic E-state index is 0.171. The smallest absolute Gasteiger partial charge is 0.151 e. The van der Waals surface area contributed by atoms with Crippen LogP contribution in [0.4, 0.5) is 11.6 Å². The van der Waals surface area contributed by atoms with Gasteiger partial charge in [-0.25, -0.2) is 15.0 Å². The third-order valence-corrected chi connectivity index (χ3v) is 7.99. The van der Waals surface area contributed by atoms with E-state index in [1.165, 1.54) is 0 Å². The van der Waals surface area contributed by atoms with Gasteiger partial charge in [-0.3, -0.25) is 4.68 Å². The van der Waals surface area contributed by atoms with Crippen LogP contribution >= 0.6 is 0 Å². The van der Waals surface area contributed by atoms with Crippen LogP contribution in [0.3, 0.4) is 0 Å². The Kier molecular flexibility index (Phi) is 7.05. The molecule has 1 aliphatic carbocycles. The number of fused-ring (bicyclic) bond motifs is 1. The Bertz CT molecular complexity index is 1480. The first-order chi connectivity index (χ1) is 19.0. The molecule has 1 saturated carbocycles. The molecule has 2 atom stereocenters. The summed E-state index contributed by atoms with van der Waals surface area (Å²) in [7, 11) is 1.69. The number of hydrogen-bond acceptors (Lipinski definition) is 9. The van der Waals surface area contributed by atoms with E-state index in [1.54, 1.807) is 13.3 Å². The molecule has 0 bridgehead atoms. The van der Waals surface area contributed by atoms with Crippen molar-refractivity contribution in [3.8, 4) is 28.0 Å². The molecular weight excluding hydrogens is 492 g/mol. The summed E-state index contributed by atoms with van der Waals surface area (Å²) in [4.78, 5) is 14.4. The highest BCUT2D eigenvalue weighted by molar-refractivity contribution is 5.97. The topological polar surface area (TPSA) is 136 Å². The first-order valence-electron chi connectivity index (χ1n) is 13.9. The summed E-state index contributed by atoms with van der Waals surface area (Å²) in [5, 5.41) is 21.6. The number of rotatable bonds is 7. The molecule has 6 rings (SSSR count). The van der Waals surface area contributed by atoms with Gasteiger partial charge in [0.2, 0.25) is 0 Å². The number of nitrogen functional groups attached to an aromatic ring is 1. The number of nitrogens with zero attached hydrogens (tertiary/aromatic N) is 5. The lowest BCUT2D eigenvalue weighted by Gasteiger charge is -2.22. The van der Waals surface area contributed by atoms with Crippen molar-refractivity contribution < 1.29 is 9.84 Å². The Labute approximate surface area is 228 Å². The van der Waals surface area contributed by atoms with Crippen molar-refractivity contribution in [2.45, 2.75) is 63.6 Å². The number of pyridine rings is 1. The zero-order valence-corrected chi connectivity index (χ0v) is 22.5. The fourth-order valence-corrected chi connectivity index (χ4v) is 5.79. The van der Waals surface area contributed by atoms with Crippen LogP contribution in [0.15, 0.2) is 36.8 Å². The SMILES string of the molecule is CCc1nc2c(N)ncc(-c3ccc(-c4cnn(C5CCNCC5)c4)c(OC)c3)c2nc1N[C@@H]1CC[C@H](O)C1. The average Bonchev–Trinajstić information content (AvgIpc) is 3.62. The number of aromatic nitrogens is 5. The van der Waals surface area contributed by atoms with Gasteiger partial charge in [0, 0.05) is 35.1 Å². The molecule has 39 heavy (non-hydrogen) atoms. The molecule has 4 heterocycles. The summed E-state index contributed by atoms with van der Waals surface area (Å²) in [5.74, 6) is 1.84. The van der Waals surface area contributed by atoms with Gasteiger partial charge in [0.15, 0.2) is 5.82 Å². The van der Waals surface area contributed by atoms with E-state index in [-0.39, 0.29) is 12.1 Å². The number of aliphatic hydroxyl groups excluding tert-OH is 1. The van der Waals surface area contributed by atoms with Gasteiger partial charge in [0.05, 0.1) is 31.1 Å². The van der Waals surface area contributed by atoms with Gasteiger partial charge in [0.1, 0.15) is 22.6 Å². The second-order valence-electron chi connectivity index (χ2n) is 10.5. The highest BCUT2D eigenvalue weighted by Crippen LogP contribution is 2.37. The van der Waals surface area contributed by atoms with Crippen molar-refractivity contribution in [1.82, 2.24) is 30.0 Å². The van der Waals surface area contributed by atoms with Crippen LogP contribution in [0, 0.1) is 0 Å². The van der Waals surface area contributed by atoms with E-state index >= 15 is 0 Å². The highest BCUT2D eigenvalue weighted by atomic mass is 16.5. The number of aryl methyl sites for hydroxylation is 1. The van der Waals surface area contributed by atoms with Crippen LogP contribution < -0.4 is 21.1 Å². The molecule has 1 saturated heterocycles. The molecule has 10 nitrogen and oxygen atoms in total. The summed E-state index contributed by atoms with van der Waals surface area (Å²) in [6, 6.07) is 6.72. The van der Waals surface area contributed by atoms with Crippen LogP contribution in [0.2, 0.25) is 0 Å². The predicted molar refractivity (Wildman–Crippen MR) is 153 cm³/mol. The van der Waals surface area contributed by atoms with Crippen LogP contribution in [-0.4, -0.2) is 62.2 Å². The van der Waals surface area contributed by atoms with Gasteiger partial charge in [0.25, 0.3) is 0 Å². The zero-order valence-electron chi connectivity index (χ0n) is 22.5. The summed E-state index contributed by atoms with van der Waals surface area (Å²) >= 11 is 0. The molecule has 4 aromatic rings. The second-order valence-corrected chi connectivity index (χ2v) is 10.5. The summed E-state index contributed by atoms with van der Waals surface area (Å²) in [5.41, 5.74) is 12.1. The third-order valence-electron chi connectivity index (χ3n) is 7.99. The molecule has 0 radical (unpaired) electrons. The predicted octanol–water partition coefficient (Wildman–Crippen LogP) is 3.96. The molecule has 204 valence electrons. The first-order valence-corrected chi connectivity index (χ1v) is 13.9. The van der Waals surface area contributed by atoms with Crippen molar-refractivity contribution in [3.05, 3.63) is 42.5 Å². The number of anilines is 2. The lowest BCUT2D eigenvalue weighted by atomic mass is 10.0. The number of methoxy groups -OCH3 is 1. The minimum atomic E-state index is -0.269. The van der Waals surface area contributed by atoms with Gasteiger partial charge >= 0.3 is 0 Å². The molecule has 5 N–H and O–H groups in total.